The zero-order valence-corrected chi connectivity index (χ0v) is 32.2. The molecule has 5 aromatic rings. The van der Waals surface area contributed by atoms with Crippen molar-refractivity contribution in [3.63, 3.8) is 0 Å². The van der Waals surface area contributed by atoms with Gasteiger partial charge in [0.1, 0.15) is 0 Å². The minimum Gasteiger partial charge on any atom is -0.432 e. The van der Waals surface area contributed by atoms with Crippen LogP contribution in [0, 0.1) is 5.92 Å². The number of halogens is 1. The number of ether oxygens (including phenoxy) is 1. The van der Waals surface area contributed by atoms with E-state index in [-0.39, 0.29) is 43.8 Å². The number of anilines is 3. The van der Waals surface area contributed by atoms with Crippen LogP contribution in [-0.2, 0) is 33.0 Å². The van der Waals surface area contributed by atoms with Gasteiger partial charge in [0, 0.05) is 46.2 Å². The zero-order chi connectivity index (χ0) is 37.9. The summed E-state index contributed by atoms with van der Waals surface area (Å²) in [5, 5.41) is 12.2. The normalized spacial score (nSPS) is 21.8. The van der Waals surface area contributed by atoms with E-state index in [4.69, 9.17) is 16.3 Å². The minimum atomic E-state index is -3.06. The summed E-state index contributed by atoms with van der Waals surface area (Å²) in [6.45, 7) is 6.01. The number of nitrogens with zero attached hydrogens (tertiary/aromatic N) is 3. The standard InChI is InChI=1S/C43H42ClN3O6Si/c1-27-40(54(2,3)52)37(24-38(49)45(20-21-48)25-28-10-5-4-6-11-28)53-43(27)34-23-31(44)18-19-35(34)46(42(43)51)26-29-12-7-15-32(22-29)47-36-17-9-14-30-13-8-16-33(39(30)36)41(47)50/h4-19,22-23,27,37,40,48,52H,20-21,24-26H2,1-3H3/t27-,37+,40-,43+/m0/s1. The second-order valence-corrected chi connectivity index (χ2v) is 19.5. The predicted octanol–water partition coefficient (Wildman–Crippen LogP) is 7.54. The van der Waals surface area contributed by atoms with Crippen molar-refractivity contribution in [3.05, 3.63) is 136 Å². The zero-order valence-electron chi connectivity index (χ0n) is 30.4. The Morgan fingerprint density at radius 1 is 0.907 bits per heavy atom. The molecule has 54 heavy (non-hydrogen) atoms. The van der Waals surface area contributed by atoms with Crippen molar-refractivity contribution in [2.75, 3.05) is 23.0 Å². The summed E-state index contributed by atoms with van der Waals surface area (Å²) < 4.78 is 6.92. The highest BCUT2D eigenvalue weighted by Crippen LogP contribution is 2.60. The topological polar surface area (TPSA) is 111 Å². The number of hydrogen-bond acceptors (Lipinski definition) is 6. The van der Waals surface area contributed by atoms with Crippen LogP contribution >= 0.6 is 11.6 Å². The van der Waals surface area contributed by atoms with Crippen LogP contribution in [0.3, 0.4) is 0 Å². The number of benzene rings is 5. The average Bonchev–Trinajstić information content (AvgIpc) is 3.70. The van der Waals surface area contributed by atoms with Gasteiger partial charge in [0.2, 0.25) is 5.91 Å². The molecular weight excluding hydrogens is 718 g/mol. The predicted molar refractivity (Wildman–Crippen MR) is 212 cm³/mol. The smallest absolute Gasteiger partial charge is 0.264 e. The summed E-state index contributed by atoms with van der Waals surface area (Å²) in [5.74, 6) is -1.12. The fourth-order valence-electron chi connectivity index (χ4n) is 9.07. The van der Waals surface area contributed by atoms with Crippen molar-refractivity contribution in [1.82, 2.24) is 4.90 Å². The molecule has 1 saturated heterocycles. The number of rotatable bonds is 10. The molecule has 11 heteroatoms. The van der Waals surface area contributed by atoms with Crippen molar-refractivity contribution < 1.29 is 29.0 Å². The van der Waals surface area contributed by atoms with Gasteiger partial charge < -0.3 is 24.4 Å². The van der Waals surface area contributed by atoms with Gasteiger partial charge in [-0.2, -0.15) is 0 Å². The Morgan fingerprint density at radius 2 is 1.63 bits per heavy atom. The van der Waals surface area contributed by atoms with Crippen molar-refractivity contribution in [2.24, 2.45) is 5.92 Å². The van der Waals surface area contributed by atoms with Gasteiger partial charge in [-0.15, -0.1) is 0 Å². The largest absolute Gasteiger partial charge is 0.432 e. The van der Waals surface area contributed by atoms with E-state index >= 15 is 4.79 Å². The van der Waals surface area contributed by atoms with E-state index in [9.17, 15) is 19.5 Å². The molecule has 1 fully saturated rings. The van der Waals surface area contributed by atoms with Crippen LogP contribution in [0.15, 0.2) is 109 Å². The van der Waals surface area contributed by atoms with Gasteiger partial charge in [0.05, 0.1) is 42.6 Å². The number of aliphatic hydroxyl groups is 1. The van der Waals surface area contributed by atoms with Gasteiger partial charge in [-0.25, -0.2) is 0 Å². The summed E-state index contributed by atoms with van der Waals surface area (Å²) in [4.78, 5) is 59.6. The molecule has 8 rings (SSSR count). The molecule has 3 amide bonds. The Morgan fingerprint density at radius 3 is 2.37 bits per heavy atom. The highest BCUT2D eigenvalue weighted by molar-refractivity contribution is 6.71. The third-order valence-corrected chi connectivity index (χ3v) is 14.1. The molecule has 0 aromatic heterocycles. The third kappa shape index (κ3) is 5.93. The second-order valence-electron chi connectivity index (χ2n) is 15.1. The first-order valence-electron chi connectivity index (χ1n) is 18.3. The lowest BCUT2D eigenvalue weighted by Gasteiger charge is -2.32. The highest BCUT2D eigenvalue weighted by Gasteiger charge is 2.66. The molecule has 0 radical (unpaired) electrons. The summed E-state index contributed by atoms with van der Waals surface area (Å²) in [6, 6.07) is 34.2. The van der Waals surface area contributed by atoms with Crippen LogP contribution in [0.2, 0.25) is 23.7 Å². The van der Waals surface area contributed by atoms with E-state index in [1.165, 1.54) is 0 Å². The van der Waals surface area contributed by atoms with E-state index in [1.807, 2.05) is 117 Å². The first kappa shape index (κ1) is 36.1. The molecule has 1 spiro atoms. The highest BCUT2D eigenvalue weighted by atomic mass is 35.5. The molecule has 276 valence electrons. The lowest BCUT2D eigenvalue weighted by atomic mass is 9.82. The molecule has 5 aromatic carbocycles. The molecule has 4 atom stereocenters. The number of hydrogen-bond donors (Lipinski definition) is 2. The average molecular weight is 760 g/mol. The molecule has 3 aliphatic heterocycles. The van der Waals surface area contributed by atoms with Gasteiger partial charge in [-0.1, -0.05) is 85.3 Å². The van der Waals surface area contributed by atoms with E-state index in [0.717, 1.165) is 27.6 Å². The number of carbonyl (C=O) groups is 3. The van der Waals surface area contributed by atoms with Crippen LogP contribution in [-0.4, -0.2) is 60.1 Å². The molecular formula is C43H42ClN3O6Si. The molecule has 0 aliphatic carbocycles. The van der Waals surface area contributed by atoms with E-state index < -0.39 is 31.5 Å². The first-order chi connectivity index (χ1) is 25.9. The number of carbonyl (C=O) groups excluding carboxylic acids is 3. The van der Waals surface area contributed by atoms with Crippen LogP contribution in [0.25, 0.3) is 10.8 Å². The fraction of sp³-hybridized carbons (Fsp3) is 0.279. The quantitative estimate of drug-likeness (QED) is 0.143. The Bertz CT molecular complexity index is 2290. The van der Waals surface area contributed by atoms with Crippen molar-refractivity contribution in [1.29, 1.82) is 0 Å². The lowest BCUT2D eigenvalue weighted by molar-refractivity contribution is -0.150. The molecule has 0 bridgehead atoms. The van der Waals surface area contributed by atoms with Crippen LogP contribution < -0.4 is 9.80 Å². The minimum absolute atomic E-state index is 0.0647. The Balaban J connectivity index is 1.12. The number of aliphatic hydroxyl groups excluding tert-OH is 1. The summed E-state index contributed by atoms with van der Waals surface area (Å²) in [6.07, 6.45) is -0.828. The van der Waals surface area contributed by atoms with Gasteiger partial charge in [-0.3, -0.25) is 19.3 Å². The molecule has 3 heterocycles. The van der Waals surface area contributed by atoms with Crippen LogP contribution in [0.1, 0.15) is 40.4 Å². The maximum atomic E-state index is 15.1. The Kier molecular flexibility index (Phi) is 9.22. The molecule has 9 nitrogen and oxygen atoms in total. The fourth-order valence-corrected chi connectivity index (χ4v) is 11.8. The summed E-state index contributed by atoms with van der Waals surface area (Å²) in [7, 11) is -3.06. The van der Waals surface area contributed by atoms with Crippen molar-refractivity contribution >= 4 is 65.5 Å². The molecule has 0 unspecified atom stereocenters. The van der Waals surface area contributed by atoms with E-state index in [2.05, 4.69) is 0 Å². The van der Waals surface area contributed by atoms with Gasteiger partial charge >= 0.3 is 0 Å². The number of fused-ring (bicyclic) bond motifs is 2. The van der Waals surface area contributed by atoms with Crippen molar-refractivity contribution in [3.8, 4) is 0 Å². The Hall–Kier alpha value is -4.84. The molecule has 0 saturated carbocycles. The SMILES string of the molecule is C[C@H]1[C@H]([Si](C)(C)O)[C@@H](CC(=O)N(CCO)Cc2ccccc2)O[C@]12C(=O)N(Cc1cccc(N3C(=O)c4cccc5cccc3c45)c1)c1ccc(Cl)cc12. The van der Waals surface area contributed by atoms with Gasteiger partial charge in [-0.05, 0) is 72.1 Å². The summed E-state index contributed by atoms with van der Waals surface area (Å²) >= 11 is 6.62. The summed E-state index contributed by atoms with van der Waals surface area (Å²) in [5.41, 5.74) is 3.18. The van der Waals surface area contributed by atoms with Crippen LogP contribution in [0.5, 0.6) is 0 Å². The lowest BCUT2D eigenvalue weighted by Crippen LogP contribution is -2.46. The van der Waals surface area contributed by atoms with E-state index in [0.29, 0.717) is 34.1 Å². The Labute approximate surface area is 320 Å². The van der Waals surface area contributed by atoms with E-state index in [1.54, 1.807) is 26.8 Å². The number of amides is 3. The van der Waals surface area contributed by atoms with Crippen molar-refractivity contribution in [2.45, 2.75) is 56.8 Å². The van der Waals surface area contributed by atoms with Gasteiger partial charge in [0.15, 0.2) is 13.9 Å². The first-order valence-corrected chi connectivity index (χ1v) is 21.7. The maximum Gasteiger partial charge on any atom is 0.264 e. The maximum absolute atomic E-state index is 15.1. The van der Waals surface area contributed by atoms with Gasteiger partial charge in [0.25, 0.3) is 11.8 Å². The molecule has 2 N–H and O–H groups in total. The monoisotopic (exact) mass is 759 g/mol. The third-order valence-electron chi connectivity index (χ3n) is 11.3. The van der Waals surface area contributed by atoms with Crippen LogP contribution in [0.4, 0.5) is 17.1 Å². The second kappa shape index (κ2) is 13.8. The molecule has 3 aliphatic rings.